The molecule has 92 valence electrons. The molecule has 0 aromatic heterocycles. The van der Waals surface area contributed by atoms with Gasteiger partial charge in [0.2, 0.25) is 0 Å². The van der Waals surface area contributed by atoms with Crippen molar-refractivity contribution in [1.29, 1.82) is 0 Å². The van der Waals surface area contributed by atoms with Gasteiger partial charge in [-0.1, -0.05) is 6.42 Å². The van der Waals surface area contributed by atoms with Crippen LogP contribution in [-0.4, -0.2) is 36.0 Å². The number of thioether (sulfide) groups is 1. The molecule has 1 fully saturated rings. The van der Waals surface area contributed by atoms with Gasteiger partial charge in [0.15, 0.2) is 0 Å². The summed E-state index contributed by atoms with van der Waals surface area (Å²) in [4.78, 5) is 22.5. The Labute approximate surface area is 100 Å². The Bertz CT molecular complexity index is 258. The topological polar surface area (TPSA) is 55.4 Å². The molecule has 0 bridgehead atoms. The third-order valence-electron chi connectivity index (χ3n) is 2.76. The molecular weight excluding hydrogens is 226 g/mol. The van der Waals surface area contributed by atoms with Crippen molar-refractivity contribution in [2.24, 2.45) is 0 Å². The Morgan fingerprint density at radius 1 is 1.44 bits per heavy atom. The van der Waals surface area contributed by atoms with E-state index in [-0.39, 0.29) is 12.6 Å². The van der Waals surface area contributed by atoms with Crippen molar-refractivity contribution in [3.05, 3.63) is 0 Å². The highest BCUT2D eigenvalue weighted by Gasteiger charge is 2.25. The van der Waals surface area contributed by atoms with E-state index >= 15 is 0 Å². The first kappa shape index (κ1) is 13.4. The Balaban J connectivity index is 2.35. The summed E-state index contributed by atoms with van der Waals surface area (Å²) in [5, 5.41) is 3.34. The number of rotatable bonds is 3. The molecule has 2 unspecified atom stereocenters. The van der Waals surface area contributed by atoms with E-state index in [1.165, 1.54) is 6.42 Å². The van der Waals surface area contributed by atoms with E-state index in [9.17, 15) is 9.59 Å². The Kier molecular flexibility index (Phi) is 5.66. The SMILES string of the molecule is CCOC(=O)C(=O)NC1CCCC(SC)C1. The molecule has 1 aliphatic rings. The van der Waals surface area contributed by atoms with E-state index in [2.05, 4.69) is 16.3 Å². The van der Waals surface area contributed by atoms with Gasteiger partial charge in [-0.3, -0.25) is 4.79 Å². The molecule has 0 aliphatic heterocycles. The normalized spacial score (nSPS) is 24.9. The van der Waals surface area contributed by atoms with Crippen LogP contribution in [-0.2, 0) is 14.3 Å². The average Bonchev–Trinajstić information content (AvgIpc) is 2.29. The molecule has 1 rings (SSSR count). The van der Waals surface area contributed by atoms with E-state index in [0.29, 0.717) is 5.25 Å². The first-order valence-electron chi connectivity index (χ1n) is 5.67. The van der Waals surface area contributed by atoms with Crippen LogP contribution >= 0.6 is 11.8 Å². The fourth-order valence-corrected chi connectivity index (χ4v) is 2.76. The van der Waals surface area contributed by atoms with Crippen LogP contribution in [0.3, 0.4) is 0 Å². The van der Waals surface area contributed by atoms with E-state index in [1.807, 2.05) is 11.8 Å². The molecule has 16 heavy (non-hydrogen) atoms. The second kappa shape index (κ2) is 6.78. The summed E-state index contributed by atoms with van der Waals surface area (Å²) >= 11 is 1.83. The van der Waals surface area contributed by atoms with Crippen molar-refractivity contribution in [2.75, 3.05) is 12.9 Å². The number of amides is 1. The van der Waals surface area contributed by atoms with Crippen molar-refractivity contribution >= 4 is 23.6 Å². The molecule has 5 heteroatoms. The lowest BCUT2D eigenvalue weighted by atomic mass is 9.95. The van der Waals surface area contributed by atoms with Crippen LogP contribution in [0.2, 0.25) is 0 Å². The van der Waals surface area contributed by atoms with E-state index in [1.54, 1.807) is 6.92 Å². The van der Waals surface area contributed by atoms with Crippen molar-refractivity contribution in [1.82, 2.24) is 5.32 Å². The Hall–Kier alpha value is -0.710. The van der Waals surface area contributed by atoms with E-state index in [4.69, 9.17) is 0 Å². The molecule has 1 amide bonds. The lowest BCUT2D eigenvalue weighted by molar-refractivity contribution is -0.154. The summed E-state index contributed by atoms with van der Waals surface area (Å²) in [6, 6.07) is 0.128. The molecule has 1 saturated carbocycles. The first-order chi connectivity index (χ1) is 7.67. The third kappa shape index (κ3) is 4.04. The predicted octanol–water partition coefficient (Wildman–Crippen LogP) is 1.34. The minimum absolute atomic E-state index is 0.128. The van der Waals surface area contributed by atoms with Gasteiger partial charge in [-0.25, -0.2) is 4.79 Å². The van der Waals surface area contributed by atoms with Crippen LogP contribution in [0.4, 0.5) is 0 Å². The van der Waals surface area contributed by atoms with Crippen LogP contribution in [0.15, 0.2) is 0 Å². The van der Waals surface area contributed by atoms with Gasteiger partial charge < -0.3 is 10.1 Å². The van der Waals surface area contributed by atoms with Gasteiger partial charge in [-0.05, 0) is 32.4 Å². The number of nitrogens with one attached hydrogen (secondary N) is 1. The summed E-state index contributed by atoms with van der Waals surface area (Å²) in [6.45, 7) is 1.93. The van der Waals surface area contributed by atoms with Crippen molar-refractivity contribution in [2.45, 2.75) is 43.9 Å². The highest BCUT2D eigenvalue weighted by molar-refractivity contribution is 7.99. The van der Waals surface area contributed by atoms with Gasteiger partial charge in [0.05, 0.1) is 6.61 Å². The number of carbonyl (C=O) groups is 2. The highest BCUT2D eigenvalue weighted by atomic mass is 32.2. The van der Waals surface area contributed by atoms with Gasteiger partial charge in [0.1, 0.15) is 0 Å². The van der Waals surface area contributed by atoms with Crippen LogP contribution in [0.25, 0.3) is 0 Å². The monoisotopic (exact) mass is 245 g/mol. The van der Waals surface area contributed by atoms with Crippen LogP contribution in [0.1, 0.15) is 32.6 Å². The average molecular weight is 245 g/mol. The summed E-state index contributed by atoms with van der Waals surface area (Å²) in [5.41, 5.74) is 0. The lowest BCUT2D eigenvalue weighted by Gasteiger charge is -2.28. The molecule has 0 aromatic carbocycles. The summed E-state index contributed by atoms with van der Waals surface area (Å²) in [7, 11) is 0. The largest absolute Gasteiger partial charge is 0.459 e. The molecule has 0 saturated heterocycles. The molecule has 0 aromatic rings. The first-order valence-corrected chi connectivity index (χ1v) is 6.96. The van der Waals surface area contributed by atoms with Gasteiger partial charge in [-0.2, -0.15) is 11.8 Å². The Morgan fingerprint density at radius 2 is 2.19 bits per heavy atom. The second-order valence-electron chi connectivity index (χ2n) is 3.92. The Morgan fingerprint density at radius 3 is 2.81 bits per heavy atom. The summed E-state index contributed by atoms with van der Waals surface area (Å²) < 4.78 is 4.64. The lowest BCUT2D eigenvalue weighted by Crippen LogP contribution is -2.43. The molecule has 0 spiro atoms. The van der Waals surface area contributed by atoms with Crippen LogP contribution in [0.5, 0.6) is 0 Å². The van der Waals surface area contributed by atoms with Crippen LogP contribution in [0, 0.1) is 0 Å². The standard InChI is InChI=1S/C11H19NO3S/c1-3-15-11(14)10(13)12-8-5-4-6-9(7-8)16-2/h8-9H,3-7H2,1-2H3,(H,12,13). The zero-order chi connectivity index (χ0) is 12.0. The smallest absolute Gasteiger partial charge is 0.396 e. The maximum Gasteiger partial charge on any atom is 0.396 e. The van der Waals surface area contributed by atoms with Gasteiger partial charge >= 0.3 is 11.9 Å². The quantitative estimate of drug-likeness (QED) is 0.602. The fourth-order valence-electron chi connectivity index (χ4n) is 1.93. The van der Waals surface area contributed by atoms with Crippen molar-refractivity contribution in [3.8, 4) is 0 Å². The molecule has 0 heterocycles. The number of esters is 1. The fraction of sp³-hybridized carbons (Fsp3) is 0.818. The van der Waals surface area contributed by atoms with Crippen molar-refractivity contribution < 1.29 is 14.3 Å². The zero-order valence-electron chi connectivity index (χ0n) is 9.82. The second-order valence-corrected chi connectivity index (χ2v) is 5.05. The van der Waals surface area contributed by atoms with Gasteiger partial charge in [0, 0.05) is 11.3 Å². The summed E-state index contributed by atoms with van der Waals surface area (Å²) in [6.07, 6.45) is 6.31. The summed E-state index contributed by atoms with van der Waals surface area (Å²) in [5.74, 6) is -1.37. The third-order valence-corrected chi connectivity index (χ3v) is 3.85. The van der Waals surface area contributed by atoms with Crippen molar-refractivity contribution in [3.63, 3.8) is 0 Å². The molecule has 1 aliphatic carbocycles. The van der Waals surface area contributed by atoms with Crippen LogP contribution < -0.4 is 5.32 Å². The molecule has 0 radical (unpaired) electrons. The maximum absolute atomic E-state index is 11.4. The number of hydrogen-bond acceptors (Lipinski definition) is 4. The number of hydrogen-bond donors (Lipinski definition) is 1. The molecule has 1 N–H and O–H groups in total. The maximum atomic E-state index is 11.4. The predicted molar refractivity (Wildman–Crippen MR) is 64.3 cm³/mol. The molecule has 2 atom stereocenters. The van der Waals surface area contributed by atoms with E-state index < -0.39 is 11.9 Å². The molecule has 4 nitrogen and oxygen atoms in total. The number of ether oxygens (including phenoxy) is 1. The van der Waals surface area contributed by atoms with Gasteiger partial charge in [0.25, 0.3) is 0 Å². The minimum Gasteiger partial charge on any atom is -0.459 e. The highest BCUT2D eigenvalue weighted by Crippen LogP contribution is 2.26. The molecular formula is C11H19NO3S. The minimum atomic E-state index is -0.770. The number of carbonyl (C=O) groups excluding carboxylic acids is 2. The van der Waals surface area contributed by atoms with Gasteiger partial charge in [-0.15, -0.1) is 0 Å². The van der Waals surface area contributed by atoms with E-state index in [0.717, 1.165) is 19.3 Å². The zero-order valence-corrected chi connectivity index (χ0v) is 10.6.